The summed E-state index contributed by atoms with van der Waals surface area (Å²) in [7, 11) is 2.21. The average molecular weight is 658 g/mol. The van der Waals surface area contributed by atoms with Crippen molar-refractivity contribution >= 4 is 45.9 Å². The molecule has 2 aromatic carbocycles. The van der Waals surface area contributed by atoms with E-state index in [2.05, 4.69) is 57.6 Å². The average Bonchev–Trinajstić information content (AvgIpc) is 3.63. The van der Waals surface area contributed by atoms with E-state index in [0.29, 0.717) is 65.0 Å². The molecule has 1 amide bonds. The number of halogens is 2. The zero-order valence-corrected chi connectivity index (χ0v) is 28.1. The predicted octanol–water partition coefficient (Wildman–Crippen LogP) is 6.51. The number of carbonyl (C=O) groups excluding carboxylic acids is 1. The van der Waals surface area contributed by atoms with Gasteiger partial charge in [0, 0.05) is 72.2 Å². The third-order valence-corrected chi connectivity index (χ3v) is 10.8. The van der Waals surface area contributed by atoms with Crippen LogP contribution in [-0.4, -0.2) is 63.6 Å². The molecule has 4 aromatic rings. The second-order valence-electron chi connectivity index (χ2n) is 13.4. The number of nitrogens with one attached hydrogen (secondary N) is 2. The Labute approximate surface area is 279 Å². The number of aromatic nitrogens is 3. The first-order valence-corrected chi connectivity index (χ1v) is 17.0. The van der Waals surface area contributed by atoms with Gasteiger partial charge in [-0.3, -0.25) is 19.1 Å². The quantitative estimate of drug-likeness (QED) is 0.234. The number of carbonyl (C=O) groups is 1. The molecule has 246 valence electrons. The molecule has 2 bridgehead atoms. The maximum absolute atomic E-state index is 14.6. The number of hydrogen-bond acceptors (Lipinski definition) is 7. The van der Waals surface area contributed by atoms with Crippen molar-refractivity contribution in [1.82, 2.24) is 24.8 Å². The van der Waals surface area contributed by atoms with Gasteiger partial charge in [0.15, 0.2) is 0 Å². The monoisotopic (exact) mass is 657 g/mol. The van der Waals surface area contributed by atoms with Crippen LogP contribution in [0.15, 0.2) is 47.4 Å². The van der Waals surface area contributed by atoms with Gasteiger partial charge in [-0.25, -0.2) is 9.37 Å². The molecule has 9 nitrogen and oxygen atoms in total. The fourth-order valence-corrected chi connectivity index (χ4v) is 8.12. The number of amides is 1. The van der Waals surface area contributed by atoms with Crippen LogP contribution in [-0.2, 0) is 4.79 Å². The summed E-state index contributed by atoms with van der Waals surface area (Å²) in [6.07, 6.45) is 6.24. The van der Waals surface area contributed by atoms with Gasteiger partial charge >= 0.3 is 0 Å². The molecule has 0 unspecified atom stereocenters. The first kappa shape index (κ1) is 31.6. The number of fused-ring (bicyclic) bond motifs is 3. The van der Waals surface area contributed by atoms with Gasteiger partial charge in [0.1, 0.15) is 11.5 Å². The molecule has 1 aliphatic carbocycles. The van der Waals surface area contributed by atoms with Crippen molar-refractivity contribution in [3.05, 3.63) is 74.9 Å². The lowest BCUT2D eigenvalue weighted by Crippen LogP contribution is -2.44. The lowest BCUT2D eigenvalue weighted by Gasteiger charge is -2.34. The van der Waals surface area contributed by atoms with Gasteiger partial charge in [-0.2, -0.15) is 4.98 Å². The van der Waals surface area contributed by atoms with E-state index in [1.165, 1.54) is 23.7 Å². The number of aryl methyl sites for hydroxylation is 2. The molecule has 2 aromatic heterocycles. The van der Waals surface area contributed by atoms with Crippen molar-refractivity contribution in [2.75, 3.05) is 30.4 Å². The van der Waals surface area contributed by atoms with Crippen LogP contribution in [0.5, 0.6) is 0 Å². The largest absolute Gasteiger partial charge is 0.365 e. The molecule has 2 saturated heterocycles. The predicted molar refractivity (Wildman–Crippen MR) is 185 cm³/mol. The molecule has 4 heterocycles. The van der Waals surface area contributed by atoms with Crippen LogP contribution >= 0.6 is 11.6 Å². The summed E-state index contributed by atoms with van der Waals surface area (Å²) in [5, 5.41) is 7.09. The van der Waals surface area contributed by atoms with E-state index >= 15 is 0 Å². The Morgan fingerprint density at radius 2 is 1.85 bits per heavy atom. The molecule has 0 spiro atoms. The van der Waals surface area contributed by atoms with Crippen LogP contribution in [0.1, 0.15) is 62.6 Å². The summed E-state index contributed by atoms with van der Waals surface area (Å²) in [6, 6.07) is 12.0. The Kier molecular flexibility index (Phi) is 8.42. The molecule has 47 heavy (non-hydrogen) atoms. The summed E-state index contributed by atoms with van der Waals surface area (Å²) in [5.74, 6) is -0.163. The number of piperazine rings is 1. The van der Waals surface area contributed by atoms with Gasteiger partial charge in [0.25, 0.3) is 5.56 Å². The molecular formula is C36H41ClFN7O2. The number of hydrogen-bond donors (Lipinski definition) is 2. The lowest BCUT2D eigenvalue weighted by molar-refractivity contribution is -0.121. The Morgan fingerprint density at radius 3 is 2.53 bits per heavy atom. The van der Waals surface area contributed by atoms with Crippen LogP contribution in [0, 0.1) is 19.7 Å². The van der Waals surface area contributed by atoms with Gasteiger partial charge in [0.05, 0.1) is 10.6 Å². The highest BCUT2D eigenvalue weighted by Crippen LogP contribution is 2.38. The Balaban J connectivity index is 1.25. The highest BCUT2D eigenvalue weighted by molar-refractivity contribution is 6.33. The second-order valence-corrected chi connectivity index (χ2v) is 13.8. The summed E-state index contributed by atoms with van der Waals surface area (Å²) < 4.78 is 16.4. The molecule has 7 rings (SSSR count). The van der Waals surface area contributed by atoms with Gasteiger partial charge in [-0.1, -0.05) is 30.7 Å². The zero-order valence-electron chi connectivity index (χ0n) is 27.3. The van der Waals surface area contributed by atoms with Crippen LogP contribution < -0.4 is 21.1 Å². The highest BCUT2D eigenvalue weighted by Gasteiger charge is 2.41. The zero-order chi connectivity index (χ0) is 33.0. The first-order chi connectivity index (χ1) is 22.6. The lowest BCUT2D eigenvalue weighted by atomic mass is 9.90. The van der Waals surface area contributed by atoms with E-state index < -0.39 is 5.82 Å². The van der Waals surface area contributed by atoms with Crippen molar-refractivity contribution in [3.8, 4) is 11.1 Å². The van der Waals surface area contributed by atoms with Crippen LogP contribution in [0.25, 0.3) is 22.2 Å². The van der Waals surface area contributed by atoms with Crippen LogP contribution in [0.4, 0.5) is 21.7 Å². The Hall–Kier alpha value is -4.02. The number of likely N-dealkylation sites (tertiary alicyclic amines) is 1. The van der Waals surface area contributed by atoms with E-state index in [1.54, 1.807) is 22.9 Å². The Bertz CT molecular complexity index is 1920. The summed E-state index contributed by atoms with van der Waals surface area (Å²) in [6.45, 7) is 7.96. The number of likely N-dealkylation sites (N-methyl/N-ethyl adjacent to an activating group) is 1. The third-order valence-electron chi connectivity index (χ3n) is 10.5. The van der Waals surface area contributed by atoms with E-state index in [9.17, 15) is 14.0 Å². The molecule has 2 atom stereocenters. The van der Waals surface area contributed by atoms with Gasteiger partial charge < -0.3 is 15.5 Å². The second kappa shape index (κ2) is 12.5. The number of benzene rings is 2. The SMILES string of the molecule is CCC(=O)N[C@H]1CC[C@@H](n2c(=O)c(-c3cccc(F)c3Cl)c(C)c3cnc(Nc4ccc(N5C[C@@H]6C[C@H]5CN6C)c(C)c4)nc32)CC1. The highest BCUT2D eigenvalue weighted by atomic mass is 35.5. The Morgan fingerprint density at radius 1 is 1.06 bits per heavy atom. The normalized spacial score (nSPS) is 22.6. The fourth-order valence-electron chi connectivity index (χ4n) is 7.90. The standard InChI is InChI=1S/C36H41ClFN7O2/c1-5-31(46)40-22-9-12-24(13-10-22)45-34-28(21(3)32(35(45)47)27-7-6-8-29(38)33(27)37)17-39-36(42-34)41-23-11-14-30(20(2)15-23)44-19-25-16-26(44)18-43(25)4/h6-8,11,14-15,17,22,24-26H,5,9-10,12-13,16,18-19H2,1-4H3,(H,40,46)(H,39,41,42)/t22-,24+,25-,26-/m0/s1. The van der Waals surface area contributed by atoms with E-state index in [4.69, 9.17) is 16.6 Å². The summed E-state index contributed by atoms with van der Waals surface area (Å²) in [5.41, 5.74) is 4.91. The number of anilines is 3. The first-order valence-electron chi connectivity index (χ1n) is 16.6. The van der Waals surface area contributed by atoms with E-state index in [-0.39, 0.29) is 28.6 Å². The molecule has 11 heteroatoms. The molecule has 1 saturated carbocycles. The van der Waals surface area contributed by atoms with E-state index in [0.717, 1.165) is 31.6 Å². The smallest absolute Gasteiger partial charge is 0.260 e. The van der Waals surface area contributed by atoms with Gasteiger partial charge in [0.2, 0.25) is 11.9 Å². The van der Waals surface area contributed by atoms with Gasteiger partial charge in [-0.05, 0) is 88.4 Å². The van der Waals surface area contributed by atoms with Crippen molar-refractivity contribution in [2.45, 2.75) is 83.5 Å². The number of nitrogens with zero attached hydrogens (tertiary/aromatic N) is 5. The summed E-state index contributed by atoms with van der Waals surface area (Å²) in [4.78, 5) is 41.1. The molecule has 3 fully saturated rings. The van der Waals surface area contributed by atoms with Crippen molar-refractivity contribution in [3.63, 3.8) is 0 Å². The number of rotatable bonds is 7. The minimum absolute atomic E-state index is 0.0291. The van der Waals surface area contributed by atoms with Crippen molar-refractivity contribution in [2.24, 2.45) is 0 Å². The van der Waals surface area contributed by atoms with Crippen LogP contribution in [0.3, 0.4) is 0 Å². The minimum atomic E-state index is -0.580. The number of pyridine rings is 1. The van der Waals surface area contributed by atoms with Gasteiger partial charge in [-0.15, -0.1) is 0 Å². The maximum atomic E-state index is 14.6. The molecule has 0 radical (unpaired) electrons. The third kappa shape index (κ3) is 5.75. The molecule has 2 N–H and O–H groups in total. The molecule has 2 aliphatic heterocycles. The van der Waals surface area contributed by atoms with Crippen molar-refractivity contribution < 1.29 is 9.18 Å². The fraction of sp³-hybridized carbons (Fsp3) is 0.444. The minimum Gasteiger partial charge on any atom is -0.365 e. The topological polar surface area (TPSA) is 95.4 Å². The summed E-state index contributed by atoms with van der Waals surface area (Å²) >= 11 is 6.44. The maximum Gasteiger partial charge on any atom is 0.260 e. The molecular weight excluding hydrogens is 617 g/mol. The van der Waals surface area contributed by atoms with E-state index in [1.807, 2.05) is 13.8 Å². The molecule has 3 aliphatic rings. The van der Waals surface area contributed by atoms with Crippen LogP contribution in [0.2, 0.25) is 5.02 Å². The van der Waals surface area contributed by atoms with Crippen molar-refractivity contribution in [1.29, 1.82) is 0 Å².